The van der Waals surface area contributed by atoms with E-state index in [9.17, 15) is 18.0 Å². The standard InChI is InChI=1S/C17H16F3N5OS2/c1-9-21-15(24-6-5-12-13(8-24)27-10(2)22-12)23-16(26)25(9)7-11-3-4-14(28-11)17(18,19)20/h3-4H,5-8H2,1-2H3. The van der Waals surface area contributed by atoms with Crippen LogP contribution in [0.5, 0.6) is 0 Å². The molecule has 1 aliphatic heterocycles. The molecule has 0 saturated carbocycles. The molecule has 0 aliphatic carbocycles. The van der Waals surface area contributed by atoms with Crippen LogP contribution in [0.3, 0.4) is 0 Å². The van der Waals surface area contributed by atoms with Gasteiger partial charge in [0.25, 0.3) is 0 Å². The first-order valence-corrected chi connectivity index (χ1v) is 10.2. The Balaban J connectivity index is 1.57. The van der Waals surface area contributed by atoms with Crippen LogP contribution < -0.4 is 10.6 Å². The third kappa shape index (κ3) is 3.68. The van der Waals surface area contributed by atoms with Crippen LogP contribution in [-0.2, 0) is 25.7 Å². The third-order valence-electron chi connectivity index (χ3n) is 4.45. The van der Waals surface area contributed by atoms with Gasteiger partial charge in [-0.2, -0.15) is 23.1 Å². The van der Waals surface area contributed by atoms with E-state index < -0.39 is 16.7 Å². The summed E-state index contributed by atoms with van der Waals surface area (Å²) in [6.07, 6.45) is -3.62. The van der Waals surface area contributed by atoms with Crippen molar-refractivity contribution in [1.29, 1.82) is 0 Å². The van der Waals surface area contributed by atoms with Crippen molar-refractivity contribution in [1.82, 2.24) is 19.5 Å². The van der Waals surface area contributed by atoms with Crippen molar-refractivity contribution in [3.63, 3.8) is 0 Å². The van der Waals surface area contributed by atoms with Crippen molar-refractivity contribution in [2.24, 2.45) is 0 Å². The highest BCUT2D eigenvalue weighted by Crippen LogP contribution is 2.34. The maximum absolute atomic E-state index is 12.8. The summed E-state index contributed by atoms with van der Waals surface area (Å²) in [6.45, 7) is 4.91. The topological polar surface area (TPSA) is 63.9 Å². The molecule has 0 unspecified atom stereocenters. The van der Waals surface area contributed by atoms with Gasteiger partial charge in [-0.1, -0.05) is 0 Å². The molecule has 0 spiro atoms. The van der Waals surface area contributed by atoms with E-state index in [1.807, 2.05) is 11.8 Å². The van der Waals surface area contributed by atoms with Crippen molar-refractivity contribution in [3.8, 4) is 0 Å². The van der Waals surface area contributed by atoms with Crippen LogP contribution in [0.25, 0.3) is 0 Å². The van der Waals surface area contributed by atoms with Crippen LogP contribution in [0.4, 0.5) is 19.1 Å². The second-order valence-corrected chi connectivity index (χ2v) is 8.93. The van der Waals surface area contributed by atoms with Crippen LogP contribution in [0.1, 0.15) is 31.2 Å². The zero-order valence-electron chi connectivity index (χ0n) is 15.1. The van der Waals surface area contributed by atoms with E-state index in [0.29, 0.717) is 41.1 Å². The van der Waals surface area contributed by atoms with Gasteiger partial charge in [-0.05, 0) is 26.0 Å². The molecule has 11 heteroatoms. The Morgan fingerprint density at radius 3 is 2.61 bits per heavy atom. The second kappa shape index (κ2) is 6.96. The molecule has 4 heterocycles. The van der Waals surface area contributed by atoms with E-state index in [4.69, 9.17) is 0 Å². The number of anilines is 1. The normalized spacial score (nSPS) is 14.4. The van der Waals surface area contributed by atoms with Crippen molar-refractivity contribution in [2.75, 3.05) is 11.4 Å². The van der Waals surface area contributed by atoms with E-state index >= 15 is 0 Å². The summed E-state index contributed by atoms with van der Waals surface area (Å²) in [7, 11) is 0. The van der Waals surface area contributed by atoms with E-state index in [-0.39, 0.29) is 6.54 Å². The zero-order chi connectivity index (χ0) is 20.1. The average Bonchev–Trinajstić information content (AvgIpc) is 3.22. The number of hydrogen-bond acceptors (Lipinski definition) is 7. The third-order valence-corrected chi connectivity index (χ3v) is 6.57. The number of rotatable bonds is 3. The number of thiazole rings is 1. The van der Waals surface area contributed by atoms with Gasteiger partial charge >= 0.3 is 11.9 Å². The molecule has 1 aliphatic rings. The fourth-order valence-electron chi connectivity index (χ4n) is 3.10. The lowest BCUT2D eigenvalue weighted by Crippen LogP contribution is -2.35. The van der Waals surface area contributed by atoms with Gasteiger partial charge in [-0.3, -0.25) is 4.57 Å². The first-order chi connectivity index (χ1) is 13.2. The van der Waals surface area contributed by atoms with Crippen LogP contribution in [-0.4, -0.2) is 26.1 Å². The van der Waals surface area contributed by atoms with E-state index in [0.717, 1.165) is 28.1 Å². The lowest BCUT2D eigenvalue weighted by atomic mass is 10.2. The summed E-state index contributed by atoms with van der Waals surface area (Å²) in [5.41, 5.74) is 0.567. The SMILES string of the molecule is Cc1nc2c(s1)CN(c1nc(C)n(Cc3ccc(C(F)(F)F)s3)c(=O)n1)CC2. The fourth-order valence-corrected chi connectivity index (χ4v) is 4.97. The molecule has 0 atom stereocenters. The van der Waals surface area contributed by atoms with Crippen LogP contribution in [0.15, 0.2) is 16.9 Å². The fraction of sp³-hybridized carbons (Fsp3) is 0.412. The predicted molar refractivity (Wildman–Crippen MR) is 101 cm³/mol. The van der Waals surface area contributed by atoms with E-state index in [1.54, 1.807) is 18.3 Å². The Kier molecular flexibility index (Phi) is 4.74. The van der Waals surface area contributed by atoms with Crippen molar-refractivity contribution in [3.05, 3.63) is 53.8 Å². The first kappa shape index (κ1) is 19.1. The lowest BCUT2D eigenvalue weighted by Gasteiger charge is -2.26. The molecule has 3 aromatic heterocycles. The summed E-state index contributed by atoms with van der Waals surface area (Å²) >= 11 is 2.25. The highest BCUT2D eigenvalue weighted by atomic mass is 32.1. The molecule has 3 aromatic rings. The number of fused-ring (bicyclic) bond motifs is 1. The number of halogens is 3. The molecule has 0 bridgehead atoms. The van der Waals surface area contributed by atoms with E-state index in [1.165, 1.54) is 10.6 Å². The van der Waals surface area contributed by atoms with Gasteiger partial charge < -0.3 is 4.90 Å². The number of alkyl halides is 3. The van der Waals surface area contributed by atoms with Crippen LogP contribution in [0.2, 0.25) is 0 Å². The average molecular weight is 427 g/mol. The molecule has 4 rings (SSSR count). The minimum Gasteiger partial charge on any atom is -0.335 e. The Morgan fingerprint density at radius 2 is 1.93 bits per heavy atom. The maximum atomic E-state index is 12.8. The molecular weight excluding hydrogens is 411 g/mol. The van der Waals surface area contributed by atoms with E-state index in [2.05, 4.69) is 15.0 Å². The van der Waals surface area contributed by atoms with Crippen LogP contribution in [0, 0.1) is 13.8 Å². The minimum atomic E-state index is -4.38. The molecule has 0 radical (unpaired) electrons. The largest absolute Gasteiger partial charge is 0.425 e. The number of aryl methyl sites for hydroxylation is 2. The summed E-state index contributed by atoms with van der Waals surface area (Å²) in [5.74, 6) is 0.765. The number of nitrogens with zero attached hydrogens (tertiary/aromatic N) is 5. The Labute approximate surface area is 166 Å². The molecule has 0 saturated heterocycles. The minimum absolute atomic E-state index is 0.0177. The van der Waals surface area contributed by atoms with Crippen molar-refractivity contribution >= 4 is 28.6 Å². The number of aromatic nitrogens is 4. The summed E-state index contributed by atoms with van der Waals surface area (Å²) in [6, 6.07) is 2.41. The lowest BCUT2D eigenvalue weighted by molar-refractivity contribution is -0.134. The molecule has 0 fully saturated rings. The smallest absolute Gasteiger partial charge is 0.335 e. The van der Waals surface area contributed by atoms with Gasteiger partial charge in [0.1, 0.15) is 10.7 Å². The highest BCUT2D eigenvalue weighted by molar-refractivity contribution is 7.12. The Hall–Kier alpha value is -2.27. The van der Waals surface area contributed by atoms with Gasteiger partial charge in [0.15, 0.2) is 0 Å². The predicted octanol–water partition coefficient (Wildman–Crippen LogP) is 3.40. The summed E-state index contributed by atoms with van der Waals surface area (Å²) in [4.78, 5) is 28.4. The molecule has 6 nitrogen and oxygen atoms in total. The molecule has 0 aromatic carbocycles. The van der Waals surface area contributed by atoms with Gasteiger partial charge in [0.05, 0.1) is 23.8 Å². The number of thiophene rings is 1. The molecular formula is C17H16F3N5OS2. The van der Waals surface area contributed by atoms with Gasteiger partial charge in [0.2, 0.25) is 5.95 Å². The first-order valence-electron chi connectivity index (χ1n) is 8.52. The van der Waals surface area contributed by atoms with Gasteiger partial charge in [-0.25, -0.2) is 9.78 Å². The monoisotopic (exact) mass is 427 g/mol. The Bertz CT molecular complexity index is 1090. The molecule has 0 amide bonds. The Morgan fingerprint density at radius 1 is 1.14 bits per heavy atom. The van der Waals surface area contributed by atoms with Crippen molar-refractivity contribution < 1.29 is 13.2 Å². The molecule has 0 N–H and O–H groups in total. The van der Waals surface area contributed by atoms with Crippen molar-refractivity contribution in [2.45, 2.75) is 39.5 Å². The summed E-state index contributed by atoms with van der Waals surface area (Å²) < 4.78 is 39.6. The molecule has 28 heavy (non-hydrogen) atoms. The second-order valence-electron chi connectivity index (χ2n) is 6.48. The quantitative estimate of drug-likeness (QED) is 0.641. The van der Waals surface area contributed by atoms with Gasteiger partial charge in [0, 0.05) is 22.7 Å². The molecule has 148 valence electrons. The van der Waals surface area contributed by atoms with Gasteiger partial charge in [-0.15, -0.1) is 22.7 Å². The number of hydrogen-bond donors (Lipinski definition) is 0. The van der Waals surface area contributed by atoms with Crippen LogP contribution >= 0.6 is 22.7 Å². The maximum Gasteiger partial charge on any atom is 0.425 e. The summed E-state index contributed by atoms with van der Waals surface area (Å²) in [5, 5.41) is 1.01. The highest BCUT2D eigenvalue weighted by Gasteiger charge is 2.32. The zero-order valence-corrected chi connectivity index (χ0v) is 16.7.